The number of carbonyl (C=O) groups excluding carboxylic acids is 1. The molecule has 0 amide bonds. The van der Waals surface area contributed by atoms with Gasteiger partial charge >= 0.3 is 0 Å². The van der Waals surface area contributed by atoms with Gasteiger partial charge in [0.2, 0.25) is 0 Å². The zero-order valence-corrected chi connectivity index (χ0v) is 19.5. The maximum absolute atomic E-state index is 12.8. The highest BCUT2D eigenvalue weighted by atomic mass is 35.5. The van der Waals surface area contributed by atoms with Gasteiger partial charge in [0, 0.05) is 19.3 Å². The van der Waals surface area contributed by atoms with E-state index < -0.39 is 25.1 Å². The van der Waals surface area contributed by atoms with Gasteiger partial charge in [-0.2, -0.15) is 0 Å². The average molecular weight is 451 g/mol. The Bertz CT molecular complexity index is 655. The smallest absolute Gasteiger partial charge is 0.168 e. The Morgan fingerprint density at radius 3 is 2.32 bits per heavy atom. The molecule has 1 saturated heterocycles. The number of Topliss-reactive ketones (excluding diaryl/α,β-unsaturated/α-hetero) is 1. The molecule has 5 nitrogen and oxygen atoms in total. The van der Waals surface area contributed by atoms with E-state index in [2.05, 4.69) is 19.6 Å². The minimum Gasteiger partial charge on any atom is -0.386 e. The van der Waals surface area contributed by atoms with Gasteiger partial charge < -0.3 is 19.7 Å². The number of hydrogen-bond donors (Lipinski definition) is 2. The molecule has 1 spiro atoms. The lowest BCUT2D eigenvalue weighted by Crippen LogP contribution is -2.62. The van der Waals surface area contributed by atoms with E-state index in [4.69, 9.17) is 32.7 Å². The monoisotopic (exact) mass is 450 g/mol. The number of aliphatic hydroxyl groups is 2. The summed E-state index contributed by atoms with van der Waals surface area (Å²) in [6.45, 7) is 7.65. The third kappa shape index (κ3) is 3.64. The Hall–Kier alpha value is 0.0469. The fourth-order valence-corrected chi connectivity index (χ4v) is 7.98. The second-order valence-corrected chi connectivity index (χ2v) is 15.3. The number of ketones is 1. The molecule has 0 aromatic carbocycles. The molecule has 1 aliphatic heterocycles. The van der Waals surface area contributed by atoms with Crippen molar-refractivity contribution in [1.82, 2.24) is 0 Å². The van der Waals surface area contributed by atoms with Crippen molar-refractivity contribution in [2.24, 2.45) is 5.92 Å². The van der Waals surface area contributed by atoms with Crippen LogP contribution in [0.4, 0.5) is 0 Å². The van der Waals surface area contributed by atoms with Crippen LogP contribution in [0.25, 0.3) is 0 Å². The van der Waals surface area contributed by atoms with Crippen LogP contribution < -0.4 is 0 Å². The van der Waals surface area contributed by atoms with Crippen molar-refractivity contribution in [3.8, 4) is 0 Å². The minimum absolute atomic E-state index is 0.0453. The number of carbonyl (C=O) groups is 1. The van der Waals surface area contributed by atoms with E-state index in [-0.39, 0.29) is 23.5 Å². The molecule has 0 radical (unpaired) electrons. The number of halogens is 2. The van der Waals surface area contributed by atoms with Crippen molar-refractivity contribution in [2.75, 3.05) is 18.6 Å². The van der Waals surface area contributed by atoms with Crippen LogP contribution in [-0.4, -0.2) is 59.6 Å². The lowest BCUT2D eigenvalue weighted by molar-refractivity contribution is -0.253. The van der Waals surface area contributed by atoms with Crippen molar-refractivity contribution >= 4 is 37.1 Å². The first-order chi connectivity index (χ1) is 13.0. The van der Waals surface area contributed by atoms with Crippen LogP contribution in [-0.2, 0) is 14.3 Å². The summed E-state index contributed by atoms with van der Waals surface area (Å²) in [6.07, 6.45) is 4.09. The van der Waals surface area contributed by atoms with Gasteiger partial charge in [-0.3, -0.25) is 4.79 Å². The van der Waals surface area contributed by atoms with Gasteiger partial charge in [0.15, 0.2) is 11.6 Å². The Morgan fingerprint density at radius 1 is 1.14 bits per heavy atom. The predicted molar refractivity (Wildman–Crippen MR) is 112 cm³/mol. The number of allylic oxidation sites excluding steroid dienone is 1. The van der Waals surface area contributed by atoms with Crippen LogP contribution in [0.15, 0.2) is 10.8 Å². The molecule has 0 aromatic rings. The number of rotatable bonds is 1. The highest BCUT2D eigenvalue weighted by Crippen LogP contribution is 2.58. The molecule has 0 bridgehead atoms. The standard InChI is InChI=1S/C19H30O5Si.CH2Cl2/c1-25(2,3)16-14-6-4-5-13-11-17(23-9-10-24-17)7-8-18(13,21)19(14,22)12-15(16)20;2-1-3/h13,21-22H,4-12H2,1-3H3;1H2/t13-,18-,19+;/m1./s1. The third-order valence-electron chi connectivity index (χ3n) is 6.88. The molecular formula is C20H32Cl2O5Si. The minimum atomic E-state index is -1.88. The number of ether oxygens (including phenoxy) is 2. The molecule has 2 saturated carbocycles. The molecule has 4 aliphatic rings. The summed E-state index contributed by atoms with van der Waals surface area (Å²) in [5.41, 5.74) is -1.80. The molecule has 0 unspecified atom stereocenters. The summed E-state index contributed by atoms with van der Waals surface area (Å²) in [7, 11) is -1.88. The van der Waals surface area contributed by atoms with E-state index in [1.54, 1.807) is 0 Å². The van der Waals surface area contributed by atoms with Crippen molar-refractivity contribution in [1.29, 1.82) is 0 Å². The lowest BCUT2D eigenvalue weighted by atomic mass is 9.62. The molecule has 1 heterocycles. The first-order valence-electron chi connectivity index (χ1n) is 10.1. The van der Waals surface area contributed by atoms with Crippen molar-refractivity contribution in [2.45, 2.75) is 81.6 Å². The normalized spacial score (nSPS) is 37.2. The second kappa shape index (κ2) is 7.95. The van der Waals surface area contributed by atoms with Gasteiger partial charge in [-0.25, -0.2) is 0 Å². The SMILES string of the molecule is C[Si](C)(C)C1=C2CCC[C@@H]3CC4(CC[C@]3(O)[C@]2(O)CC1=O)OCCO4.ClCCl. The van der Waals surface area contributed by atoms with Gasteiger partial charge in [-0.15, -0.1) is 23.2 Å². The van der Waals surface area contributed by atoms with Crippen LogP contribution in [0, 0.1) is 5.92 Å². The summed E-state index contributed by atoms with van der Waals surface area (Å²) in [4.78, 5) is 12.8. The fourth-order valence-electron chi connectivity index (χ4n) is 5.82. The molecule has 4 rings (SSSR count). The van der Waals surface area contributed by atoms with Crippen molar-refractivity contribution in [3.05, 3.63) is 10.8 Å². The molecule has 3 aliphatic carbocycles. The predicted octanol–water partition coefficient (Wildman–Crippen LogP) is 3.74. The maximum atomic E-state index is 12.8. The van der Waals surface area contributed by atoms with Gasteiger partial charge in [0.05, 0.1) is 26.6 Å². The van der Waals surface area contributed by atoms with Crippen LogP contribution in [0.5, 0.6) is 0 Å². The summed E-state index contributed by atoms with van der Waals surface area (Å²) in [6, 6.07) is 0. The molecule has 3 fully saturated rings. The lowest BCUT2D eigenvalue weighted by Gasteiger charge is -2.52. The summed E-state index contributed by atoms with van der Waals surface area (Å²) in [5.74, 6) is -0.638. The number of alkyl halides is 2. The van der Waals surface area contributed by atoms with E-state index in [0.29, 0.717) is 32.5 Å². The van der Waals surface area contributed by atoms with Gasteiger partial charge in [-0.05, 0) is 42.4 Å². The maximum Gasteiger partial charge on any atom is 0.168 e. The zero-order chi connectivity index (χ0) is 20.8. The zero-order valence-electron chi connectivity index (χ0n) is 17.0. The molecule has 2 N–H and O–H groups in total. The average Bonchev–Trinajstić information content (AvgIpc) is 3.12. The summed E-state index contributed by atoms with van der Waals surface area (Å²) >= 11 is 9.53. The molecule has 160 valence electrons. The van der Waals surface area contributed by atoms with Crippen LogP contribution >= 0.6 is 23.2 Å². The van der Waals surface area contributed by atoms with E-state index in [1.807, 2.05) is 0 Å². The number of fused-ring (bicyclic) bond motifs is 3. The Balaban J connectivity index is 0.000000706. The molecular weight excluding hydrogens is 419 g/mol. The van der Waals surface area contributed by atoms with Crippen LogP contribution in [0.1, 0.15) is 44.9 Å². The van der Waals surface area contributed by atoms with Gasteiger partial charge in [0.25, 0.3) is 0 Å². The Labute approximate surface area is 178 Å². The first kappa shape index (κ1) is 22.7. The van der Waals surface area contributed by atoms with Gasteiger partial charge in [0.1, 0.15) is 11.2 Å². The van der Waals surface area contributed by atoms with E-state index >= 15 is 0 Å². The third-order valence-corrected chi connectivity index (χ3v) is 8.96. The van der Waals surface area contributed by atoms with Crippen molar-refractivity contribution < 1.29 is 24.5 Å². The summed E-state index contributed by atoms with van der Waals surface area (Å²) in [5, 5.41) is 24.5. The van der Waals surface area contributed by atoms with Gasteiger partial charge in [-0.1, -0.05) is 19.6 Å². The molecule has 8 heteroatoms. The highest BCUT2D eigenvalue weighted by molar-refractivity contribution is 6.87. The van der Waals surface area contributed by atoms with Crippen LogP contribution in [0.2, 0.25) is 19.6 Å². The van der Waals surface area contributed by atoms with Crippen LogP contribution in [0.3, 0.4) is 0 Å². The second-order valence-electron chi connectivity index (χ2n) is 9.49. The molecule has 3 atom stereocenters. The number of hydrogen-bond acceptors (Lipinski definition) is 5. The van der Waals surface area contributed by atoms with Crippen molar-refractivity contribution in [3.63, 3.8) is 0 Å². The summed E-state index contributed by atoms with van der Waals surface area (Å²) < 4.78 is 11.7. The van der Waals surface area contributed by atoms with E-state index in [0.717, 1.165) is 30.0 Å². The van der Waals surface area contributed by atoms with E-state index in [9.17, 15) is 15.0 Å². The topological polar surface area (TPSA) is 76.0 Å². The fraction of sp³-hybridized carbons (Fsp3) is 0.850. The largest absolute Gasteiger partial charge is 0.386 e. The first-order valence-corrected chi connectivity index (χ1v) is 14.7. The Morgan fingerprint density at radius 2 is 1.75 bits per heavy atom. The Kier molecular flexibility index (Phi) is 6.45. The molecule has 0 aromatic heterocycles. The van der Waals surface area contributed by atoms with E-state index in [1.165, 1.54) is 0 Å². The quantitative estimate of drug-likeness (QED) is 0.469. The molecule has 28 heavy (non-hydrogen) atoms. The highest BCUT2D eigenvalue weighted by Gasteiger charge is 2.65.